The van der Waals surface area contributed by atoms with Crippen LogP contribution in [0.3, 0.4) is 0 Å². The Bertz CT molecular complexity index is 531. The number of nitrogens with zero attached hydrogens (tertiary/aromatic N) is 1. The van der Waals surface area contributed by atoms with Gasteiger partial charge in [0, 0.05) is 18.8 Å². The van der Waals surface area contributed by atoms with Crippen LogP contribution in [0, 0.1) is 0 Å². The van der Waals surface area contributed by atoms with Gasteiger partial charge in [-0.25, -0.2) is 0 Å². The molecule has 104 valence electrons. The van der Waals surface area contributed by atoms with E-state index in [9.17, 15) is 0 Å². The van der Waals surface area contributed by atoms with Gasteiger partial charge in [0.25, 0.3) is 0 Å². The maximum atomic E-state index is 5.32. The van der Waals surface area contributed by atoms with Gasteiger partial charge in [-0.05, 0) is 36.6 Å². The summed E-state index contributed by atoms with van der Waals surface area (Å²) < 4.78 is 5.32. The highest BCUT2D eigenvalue weighted by Gasteiger charge is 2.24. The molecule has 0 saturated carbocycles. The summed E-state index contributed by atoms with van der Waals surface area (Å²) in [4.78, 5) is 2.38. The van der Waals surface area contributed by atoms with E-state index >= 15 is 0 Å². The highest BCUT2D eigenvalue weighted by molar-refractivity contribution is 5.48. The van der Waals surface area contributed by atoms with E-state index in [0.29, 0.717) is 6.10 Å². The minimum absolute atomic E-state index is 0.443. The van der Waals surface area contributed by atoms with E-state index in [-0.39, 0.29) is 0 Å². The predicted molar refractivity (Wildman–Crippen MR) is 83.3 cm³/mol. The second-order valence-electron chi connectivity index (χ2n) is 5.32. The van der Waals surface area contributed by atoms with Crippen LogP contribution in [0.15, 0.2) is 54.6 Å². The summed E-state index contributed by atoms with van der Waals surface area (Å²) in [6, 6.07) is 19.5. The van der Waals surface area contributed by atoms with E-state index in [4.69, 9.17) is 4.74 Å². The third-order valence-electron chi connectivity index (χ3n) is 3.76. The molecule has 1 heterocycles. The van der Waals surface area contributed by atoms with Gasteiger partial charge in [0.15, 0.2) is 0 Å². The fourth-order valence-electron chi connectivity index (χ4n) is 2.49. The van der Waals surface area contributed by atoms with Crippen molar-refractivity contribution in [3.05, 3.63) is 65.7 Å². The maximum Gasteiger partial charge on any atom is 0.0984 e. The van der Waals surface area contributed by atoms with Crippen molar-refractivity contribution in [1.29, 1.82) is 0 Å². The van der Waals surface area contributed by atoms with Gasteiger partial charge in [-0.3, -0.25) is 0 Å². The van der Waals surface area contributed by atoms with E-state index in [0.717, 1.165) is 26.1 Å². The second-order valence-corrected chi connectivity index (χ2v) is 5.32. The Hall–Kier alpha value is -1.80. The molecule has 0 bridgehead atoms. The molecular weight excluding hydrogens is 246 g/mol. The van der Waals surface area contributed by atoms with Crippen molar-refractivity contribution in [2.45, 2.75) is 19.4 Å². The minimum atomic E-state index is 0.443. The molecule has 1 atom stereocenters. The molecule has 2 aromatic rings. The summed E-state index contributed by atoms with van der Waals surface area (Å²) in [5, 5.41) is 0. The summed E-state index contributed by atoms with van der Waals surface area (Å²) in [6.07, 6.45) is 1.44. The van der Waals surface area contributed by atoms with Crippen LogP contribution in [0.25, 0.3) is 0 Å². The molecule has 2 nitrogen and oxygen atoms in total. The lowest BCUT2D eigenvalue weighted by atomic mass is 10.0. The average Bonchev–Trinajstić information content (AvgIpc) is 3.31. The van der Waals surface area contributed by atoms with Crippen LogP contribution in [-0.2, 0) is 11.2 Å². The molecule has 0 aliphatic carbocycles. The lowest BCUT2D eigenvalue weighted by Gasteiger charge is -2.22. The van der Waals surface area contributed by atoms with E-state index < -0.39 is 0 Å². The topological polar surface area (TPSA) is 15.8 Å². The summed E-state index contributed by atoms with van der Waals surface area (Å²) in [7, 11) is 0. The summed E-state index contributed by atoms with van der Waals surface area (Å²) in [6.45, 7) is 5.15. The number of likely N-dealkylation sites (N-methyl/N-ethyl adjacent to an activating group) is 1. The van der Waals surface area contributed by atoms with Gasteiger partial charge in [0.05, 0.1) is 12.7 Å². The Morgan fingerprint density at radius 3 is 2.25 bits per heavy atom. The molecule has 0 spiro atoms. The Morgan fingerprint density at radius 1 is 1.00 bits per heavy atom. The molecule has 0 aromatic heterocycles. The van der Waals surface area contributed by atoms with Crippen molar-refractivity contribution in [3.63, 3.8) is 0 Å². The number of hydrogen-bond donors (Lipinski definition) is 0. The molecule has 1 unspecified atom stereocenters. The zero-order chi connectivity index (χ0) is 13.8. The van der Waals surface area contributed by atoms with Crippen LogP contribution in [0.2, 0.25) is 0 Å². The normalized spacial score (nSPS) is 16.9. The lowest BCUT2D eigenvalue weighted by Crippen LogP contribution is -2.27. The Morgan fingerprint density at radius 2 is 1.65 bits per heavy atom. The smallest absolute Gasteiger partial charge is 0.0984 e. The molecule has 3 rings (SSSR count). The molecular formula is C18H21NO. The zero-order valence-electron chi connectivity index (χ0n) is 12.0. The Labute approximate surface area is 121 Å². The predicted octanol–water partition coefficient (Wildman–Crippen LogP) is 3.50. The third-order valence-corrected chi connectivity index (χ3v) is 3.76. The fraction of sp³-hybridized carbons (Fsp3) is 0.333. The van der Waals surface area contributed by atoms with Crippen LogP contribution in [0.1, 0.15) is 18.1 Å². The molecule has 1 saturated heterocycles. The first kappa shape index (κ1) is 13.2. The van der Waals surface area contributed by atoms with Gasteiger partial charge in [0.2, 0.25) is 0 Å². The largest absolute Gasteiger partial charge is 0.371 e. The quantitative estimate of drug-likeness (QED) is 0.744. The van der Waals surface area contributed by atoms with Gasteiger partial charge in [0.1, 0.15) is 0 Å². The van der Waals surface area contributed by atoms with Crippen LogP contribution in [0.4, 0.5) is 5.69 Å². The number of rotatable bonds is 6. The number of anilines is 1. The first-order chi connectivity index (χ1) is 9.85. The zero-order valence-corrected chi connectivity index (χ0v) is 12.0. The maximum absolute atomic E-state index is 5.32. The molecule has 0 radical (unpaired) electrons. The molecule has 1 aliphatic rings. The molecule has 2 heteroatoms. The van der Waals surface area contributed by atoms with Crippen molar-refractivity contribution >= 4 is 5.69 Å². The van der Waals surface area contributed by atoms with Crippen LogP contribution >= 0.6 is 0 Å². The van der Waals surface area contributed by atoms with Crippen molar-refractivity contribution < 1.29 is 4.74 Å². The van der Waals surface area contributed by atoms with Gasteiger partial charge >= 0.3 is 0 Å². The number of benzene rings is 2. The van der Waals surface area contributed by atoms with Crippen molar-refractivity contribution in [2.75, 3.05) is 24.6 Å². The summed E-state index contributed by atoms with van der Waals surface area (Å²) in [5.41, 5.74) is 4.01. The molecule has 20 heavy (non-hydrogen) atoms. The first-order valence-corrected chi connectivity index (χ1v) is 7.34. The average molecular weight is 267 g/mol. The molecule has 1 aliphatic heterocycles. The van der Waals surface area contributed by atoms with Crippen LogP contribution < -0.4 is 4.90 Å². The van der Waals surface area contributed by atoms with Crippen molar-refractivity contribution in [3.8, 4) is 0 Å². The molecule has 0 amide bonds. The van der Waals surface area contributed by atoms with E-state index in [1.54, 1.807) is 0 Å². The fourth-order valence-corrected chi connectivity index (χ4v) is 2.49. The second kappa shape index (κ2) is 6.10. The Kier molecular flexibility index (Phi) is 4.03. The summed E-state index contributed by atoms with van der Waals surface area (Å²) in [5.74, 6) is 0. The summed E-state index contributed by atoms with van der Waals surface area (Å²) >= 11 is 0. The number of epoxide rings is 1. The van der Waals surface area contributed by atoms with E-state index in [1.807, 2.05) is 0 Å². The standard InChI is InChI=1S/C18H21NO/c1-2-19(13-18-14-20-18)17-10-8-16(9-11-17)12-15-6-4-3-5-7-15/h3-11,18H,2,12-14H2,1H3. The van der Waals surface area contributed by atoms with Gasteiger partial charge in [-0.1, -0.05) is 42.5 Å². The molecule has 2 aromatic carbocycles. The van der Waals surface area contributed by atoms with Crippen molar-refractivity contribution in [2.24, 2.45) is 0 Å². The van der Waals surface area contributed by atoms with E-state index in [1.165, 1.54) is 16.8 Å². The monoisotopic (exact) mass is 267 g/mol. The lowest BCUT2D eigenvalue weighted by molar-refractivity contribution is 0.408. The molecule has 0 N–H and O–H groups in total. The van der Waals surface area contributed by atoms with E-state index in [2.05, 4.69) is 66.4 Å². The van der Waals surface area contributed by atoms with Crippen molar-refractivity contribution in [1.82, 2.24) is 0 Å². The minimum Gasteiger partial charge on any atom is -0.371 e. The highest BCUT2D eigenvalue weighted by atomic mass is 16.6. The van der Waals surface area contributed by atoms with Crippen LogP contribution in [0.5, 0.6) is 0 Å². The van der Waals surface area contributed by atoms with Crippen LogP contribution in [-0.4, -0.2) is 25.8 Å². The van der Waals surface area contributed by atoms with Gasteiger partial charge in [-0.2, -0.15) is 0 Å². The number of hydrogen-bond acceptors (Lipinski definition) is 2. The highest BCUT2D eigenvalue weighted by Crippen LogP contribution is 2.20. The molecule has 1 fully saturated rings. The third kappa shape index (κ3) is 3.40. The van der Waals surface area contributed by atoms with Gasteiger partial charge < -0.3 is 9.64 Å². The SMILES string of the molecule is CCN(CC1CO1)c1ccc(Cc2ccccc2)cc1. The van der Waals surface area contributed by atoms with Gasteiger partial charge in [-0.15, -0.1) is 0 Å². The Balaban J connectivity index is 1.67. The first-order valence-electron chi connectivity index (χ1n) is 7.34. The number of ether oxygens (including phenoxy) is 1.